The van der Waals surface area contributed by atoms with Gasteiger partial charge in [-0.1, -0.05) is 0 Å². The SMILES string of the molecule is [Fe+]=[N]c1ccccc1. The van der Waals surface area contributed by atoms with Gasteiger partial charge < -0.3 is 0 Å². The Balaban J connectivity index is 2.99. The Morgan fingerprint density at radius 2 is 1.75 bits per heavy atom. The van der Waals surface area contributed by atoms with Crippen molar-refractivity contribution < 1.29 is 15.8 Å². The fourth-order valence-corrected chi connectivity index (χ4v) is 0.645. The Labute approximate surface area is 56.3 Å². The summed E-state index contributed by atoms with van der Waals surface area (Å²) in [4.78, 5) is 0. The number of hydrogen-bond acceptors (Lipinski definition) is 1. The summed E-state index contributed by atoms with van der Waals surface area (Å²) >= 11 is 3.38. The summed E-state index contributed by atoms with van der Waals surface area (Å²) in [6, 6.07) is 9.64. The van der Waals surface area contributed by atoms with Gasteiger partial charge in [-0.2, -0.15) is 0 Å². The van der Waals surface area contributed by atoms with Gasteiger partial charge in [-0.25, -0.2) is 0 Å². The molecule has 41 valence electrons. The fourth-order valence-electron chi connectivity index (χ4n) is 0.481. The van der Waals surface area contributed by atoms with Crippen LogP contribution in [0.5, 0.6) is 0 Å². The van der Waals surface area contributed by atoms with Gasteiger partial charge >= 0.3 is 55.8 Å². The third-order valence-electron chi connectivity index (χ3n) is 0.847. The van der Waals surface area contributed by atoms with Crippen molar-refractivity contribution in [2.24, 2.45) is 3.96 Å². The van der Waals surface area contributed by atoms with E-state index in [4.69, 9.17) is 0 Å². The topological polar surface area (TPSA) is 12.4 Å². The van der Waals surface area contributed by atoms with Crippen molar-refractivity contribution in [3.63, 3.8) is 0 Å². The molecule has 0 saturated heterocycles. The molecule has 0 unspecified atom stereocenters. The molecule has 0 fully saturated rings. The summed E-state index contributed by atoms with van der Waals surface area (Å²) in [7, 11) is 0. The Morgan fingerprint density at radius 3 is 2.12 bits per heavy atom. The minimum atomic E-state index is 0.924. The average molecular weight is 147 g/mol. The quantitative estimate of drug-likeness (QED) is 0.539. The molecule has 0 amide bonds. The summed E-state index contributed by atoms with van der Waals surface area (Å²) in [5, 5.41) is 0. The van der Waals surface area contributed by atoms with E-state index in [1.54, 1.807) is 0 Å². The van der Waals surface area contributed by atoms with Crippen LogP contribution in [-0.2, 0) is 15.8 Å². The molecule has 1 nitrogen and oxygen atoms in total. The van der Waals surface area contributed by atoms with E-state index in [0.29, 0.717) is 0 Å². The zero-order valence-corrected chi connectivity index (χ0v) is 5.29. The van der Waals surface area contributed by atoms with Gasteiger partial charge in [0.15, 0.2) is 0 Å². The second kappa shape index (κ2) is 2.75. The number of hydrogen-bond donors (Lipinski definition) is 0. The van der Waals surface area contributed by atoms with E-state index >= 15 is 0 Å². The Kier molecular flexibility index (Phi) is 1.95. The van der Waals surface area contributed by atoms with Crippen LogP contribution in [0.1, 0.15) is 0 Å². The van der Waals surface area contributed by atoms with E-state index in [-0.39, 0.29) is 0 Å². The predicted octanol–water partition coefficient (Wildman–Crippen LogP) is 2.05. The van der Waals surface area contributed by atoms with Crippen LogP contribution in [0.4, 0.5) is 5.69 Å². The van der Waals surface area contributed by atoms with Crippen LogP contribution in [0.15, 0.2) is 34.3 Å². The first-order valence-electron chi connectivity index (χ1n) is 2.29. The van der Waals surface area contributed by atoms with Gasteiger partial charge in [0, 0.05) is 0 Å². The molecule has 0 aliphatic rings. The second-order valence-electron chi connectivity index (χ2n) is 1.41. The first-order chi connectivity index (χ1) is 3.93. The van der Waals surface area contributed by atoms with Gasteiger partial charge in [0.2, 0.25) is 0 Å². The van der Waals surface area contributed by atoms with E-state index < -0.39 is 0 Å². The van der Waals surface area contributed by atoms with Crippen LogP contribution >= 0.6 is 0 Å². The van der Waals surface area contributed by atoms with Crippen molar-refractivity contribution in [2.75, 3.05) is 0 Å². The molecular formula is C6H5FeN+. The van der Waals surface area contributed by atoms with Gasteiger partial charge in [0.25, 0.3) is 0 Å². The van der Waals surface area contributed by atoms with Crippen LogP contribution in [0.3, 0.4) is 0 Å². The van der Waals surface area contributed by atoms with Crippen LogP contribution < -0.4 is 0 Å². The van der Waals surface area contributed by atoms with Gasteiger partial charge in [-0.05, 0) is 0 Å². The van der Waals surface area contributed by atoms with Gasteiger partial charge in [0.05, 0.1) is 0 Å². The average Bonchev–Trinajstić information content (AvgIpc) is 1.90. The van der Waals surface area contributed by atoms with Crippen LogP contribution in [-0.4, -0.2) is 0 Å². The molecule has 0 atom stereocenters. The molecule has 2 heteroatoms. The monoisotopic (exact) mass is 147 g/mol. The summed E-state index contributed by atoms with van der Waals surface area (Å²) in [5.74, 6) is 0. The molecule has 0 bridgehead atoms. The zero-order chi connectivity index (χ0) is 5.82. The van der Waals surface area contributed by atoms with E-state index in [0.717, 1.165) is 5.69 Å². The normalized spacial score (nSPS) is 8.50. The van der Waals surface area contributed by atoms with Gasteiger partial charge in [-0.3, -0.25) is 0 Å². The molecule has 0 N–H and O–H groups in total. The molecule has 1 aromatic carbocycles. The second-order valence-corrected chi connectivity index (χ2v) is 1.66. The summed E-state index contributed by atoms with van der Waals surface area (Å²) in [6.45, 7) is 0. The van der Waals surface area contributed by atoms with Crippen LogP contribution in [0, 0.1) is 0 Å². The summed E-state index contributed by atoms with van der Waals surface area (Å²) in [5.41, 5.74) is 0.924. The Morgan fingerprint density at radius 1 is 1.12 bits per heavy atom. The standard InChI is InChI=1S/C6H5N.Fe/c7-6-4-2-1-3-5-6;/h1-5H;/q;+1. The van der Waals surface area contributed by atoms with E-state index in [1.807, 2.05) is 30.3 Å². The molecule has 1 aromatic rings. The molecule has 0 aliphatic heterocycles. The molecule has 0 spiro atoms. The third-order valence-corrected chi connectivity index (χ3v) is 1.13. The summed E-state index contributed by atoms with van der Waals surface area (Å²) < 4.78 is 3.72. The molecule has 0 heterocycles. The van der Waals surface area contributed by atoms with Crippen molar-refractivity contribution in [1.82, 2.24) is 0 Å². The first-order valence-corrected chi connectivity index (χ1v) is 2.79. The first kappa shape index (κ1) is 5.67. The Hall–Kier alpha value is -0.461. The van der Waals surface area contributed by atoms with Crippen molar-refractivity contribution in [2.45, 2.75) is 0 Å². The molecule has 0 aliphatic carbocycles. The third kappa shape index (κ3) is 1.25. The van der Waals surface area contributed by atoms with E-state index in [2.05, 4.69) is 19.8 Å². The maximum atomic E-state index is 3.72. The molecular weight excluding hydrogens is 142 g/mol. The van der Waals surface area contributed by atoms with Gasteiger partial charge in [0.1, 0.15) is 0 Å². The molecule has 0 aromatic heterocycles. The van der Waals surface area contributed by atoms with Crippen LogP contribution in [0.25, 0.3) is 0 Å². The van der Waals surface area contributed by atoms with Crippen molar-refractivity contribution in [3.8, 4) is 0 Å². The summed E-state index contributed by atoms with van der Waals surface area (Å²) in [6.07, 6.45) is 0. The zero-order valence-electron chi connectivity index (χ0n) is 4.19. The van der Waals surface area contributed by atoms with Crippen molar-refractivity contribution in [3.05, 3.63) is 30.3 Å². The number of nitrogens with zero attached hydrogens (tertiary/aromatic N) is 1. The van der Waals surface area contributed by atoms with Gasteiger partial charge in [-0.15, -0.1) is 0 Å². The number of rotatable bonds is 1. The molecule has 0 radical (unpaired) electrons. The Bertz CT molecular complexity index is 171. The van der Waals surface area contributed by atoms with Crippen LogP contribution in [0.2, 0.25) is 0 Å². The molecule has 8 heavy (non-hydrogen) atoms. The maximum absolute atomic E-state index is 3.72. The molecule has 0 saturated carbocycles. The fraction of sp³-hybridized carbons (Fsp3) is 0. The van der Waals surface area contributed by atoms with E-state index in [9.17, 15) is 0 Å². The number of benzene rings is 1. The van der Waals surface area contributed by atoms with Crippen molar-refractivity contribution >= 4 is 5.69 Å². The molecule has 1 rings (SSSR count). The van der Waals surface area contributed by atoms with Crippen molar-refractivity contribution in [1.29, 1.82) is 0 Å². The van der Waals surface area contributed by atoms with E-state index in [1.165, 1.54) is 0 Å². The predicted molar refractivity (Wildman–Crippen MR) is 28.5 cm³/mol. The minimum absolute atomic E-state index is 0.924.